The van der Waals surface area contributed by atoms with Gasteiger partial charge in [-0.05, 0) is 55.9 Å². The first-order valence-electron chi connectivity index (χ1n) is 14.1. The summed E-state index contributed by atoms with van der Waals surface area (Å²) in [5.41, 5.74) is 1.87. The van der Waals surface area contributed by atoms with Crippen LogP contribution in [-0.4, -0.2) is 84.1 Å². The number of carbonyl (C=O) groups excluding carboxylic acids is 2. The van der Waals surface area contributed by atoms with E-state index in [9.17, 15) is 9.59 Å². The van der Waals surface area contributed by atoms with E-state index in [2.05, 4.69) is 55.0 Å². The lowest BCUT2D eigenvalue weighted by Crippen LogP contribution is -2.73. The predicted octanol–water partition coefficient (Wildman–Crippen LogP) is 1.26. The number of amides is 2. The van der Waals surface area contributed by atoms with Gasteiger partial charge in [0.25, 0.3) is 0 Å². The molecule has 5 heterocycles. The predicted molar refractivity (Wildman–Crippen MR) is 144 cm³/mol. The molecular formula is C28H34N8O2. The molecule has 10 nitrogen and oxygen atoms in total. The third kappa shape index (κ3) is 3.25. The monoisotopic (exact) mass is 514 g/mol. The zero-order valence-electron chi connectivity index (χ0n) is 21.6. The Kier molecular flexibility index (Phi) is 4.86. The SMILES string of the molecule is O=C1NCC[C@@]12Cc1cnc(Nc3ccc(N4CC(N5CCNCC5)C4)cc3)nc1N(C13CC(C1)C3)C2=O. The van der Waals surface area contributed by atoms with Crippen molar-refractivity contribution < 1.29 is 9.59 Å². The van der Waals surface area contributed by atoms with Crippen LogP contribution < -0.4 is 25.8 Å². The minimum atomic E-state index is -1.00. The molecule has 1 aromatic heterocycles. The minimum absolute atomic E-state index is 0.0687. The summed E-state index contributed by atoms with van der Waals surface area (Å²) in [6.45, 7) is 7.16. The highest BCUT2D eigenvalue weighted by molar-refractivity contribution is 6.15. The van der Waals surface area contributed by atoms with E-state index in [1.807, 2.05) is 11.1 Å². The van der Waals surface area contributed by atoms with Gasteiger partial charge in [-0.1, -0.05) is 0 Å². The van der Waals surface area contributed by atoms with Gasteiger partial charge in [-0.15, -0.1) is 0 Å². The van der Waals surface area contributed by atoms with Crippen molar-refractivity contribution in [2.24, 2.45) is 11.3 Å². The second-order valence-corrected chi connectivity index (χ2v) is 12.2. The van der Waals surface area contributed by atoms with Crippen LogP contribution in [0, 0.1) is 11.3 Å². The van der Waals surface area contributed by atoms with Crippen LogP contribution in [0.4, 0.5) is 23.1 Å². The van der Waals surface area contributed by atoms with E-state index in [0.29, 0.717) is 43.1 Å². The maximum Gasteiger partial charge on any atom is 0.244 e. The quantitative estimate of drug-likeness (QED) is 0.513. The van der Waals surface area contributed by atoms with Crippen molar-refractivity contribution in [3.8, 4) is 0 Å². The summed E-state index contributed by atoms with van der Waals surface area (Å²) in [4.78, 5) is 43.1. The molecule has 3 aliphatic carbocycles. The molecule has 3 saturated carbocycles. The Morgan fingerprint density at radius 2 is 1.76 bits per heavy atom. The molecule has 2 bridgehead atoms. The number of nitrogens with zero attached hydrogens (tertiary/aromatic N) is 5. The summed E-state index contributed by atoms with van der Waals surface area (Å²) in [6.07, 6.45) is 5.76. The number of piperazine rings is 1. The smallest absolute Gasteiger partial charge is 0.244 e. The number of fused-ring (bicyclic) bond motifs is 1. The summed E-state index contributed by atoms with van der Waals surface area (Å²) in [6, 6.07) is 9.08. The number of rotatable bonds is 5. The van der Waals surface area contributed by atoms with Crippen molar-refractivity contribution in [3.63, 3.8) is 0 Å². The Morgan fingerprint density at radius 3 is 2.42 bits per heavy atom. The Balaban J connectivity index is 1.00. The lowest BCUT2D eigenvalue weighted by molar-refractivity contribution is -0.144. The molecule has 2 amide bonds. The zero-order valence-corrected chi connectivity index (χ0v) is 21.6. The van der Waals surface area contributed by atoms with Crippen LogP contribution in [0.25, 0.3) is 0 Å². The van der Waals surface area contributed by atoms with Gasteiger partial charge >= 0.3 is 0 Å². The Labute approximate surface area is 222 Å². The van der Waals surface area contributed by atoms with Crippen molar-refractivity contribution in [1.82, 2.24) is 25.5 Å². The molecule has 6 fully saturated rings. The van der Waals surface area contributed by atoms with Crippen molar-refractivity contribution in [3.05, 3.63) is 36.0 Å². The number of nitrogens with one attached hydrogen (secondary N) is 3. The molecule has 7 aliphatic rings. The van der Waals surface area contributed by atoms with Gasteiger partial charge in [-0.3, -0.25) is 19.4 Å². The molecule has 3 N–H and O–H groups in total. The zero-order chi connectivity index (χ0) is 25.5. The minimum Gasteiger partial charge on any atom is -0.368 e. The number of hydrogen-bond acceptors (Lipinski definition) is 8. The van der Waals surface area contributed by atoms with Gasteiger partial charge in [0.15, 0.2) is 0 Å². The van der Waals surface area contributed by atoms with Gasteiger partial charge in [0, 0.05) is 81.4 Å². The Bertz CT molecular complexity index is 1290. The normalized spacial score (nSPS) is 32.4. The van der Waals surface area contributed by atoms with Gasteiger partial charge in [0.05, 0.1) is 5.54 Å². The summed E-state index contributed by atoms with van der Waals surface area (Å²) in [5, 5.41) is 9.68. The number of anilines is 4. The largest absolute Gasteiger partial charge is 0.368 e. The third-order valence-corrected chi connectivity index (χ3v) is 9.93. The van der Waals surface area contributed by atoms with Crippen LogP contribution in [0.3, 0.4) is 0 Å². The first kappa shape index (κ1) is 22.7. The average molecular weight is 515 g/mol. The summed E-state index contributed by atoms with van der Waals surface area (Å²) < 4.78 is 0. The van der Waals surface area contributed by atoms with Crippen LogP contribution >= 0.6 is 0 Å². The second-order valence-electron chi connectivity index (χ2n) is 12.2. The molecule has 0 radical (unpaired) electrons. The fraction of sp³-hybridized carbons (Fsp3) is 0.571. The van der Waals surface area contributed by atoms with E-state index in [1.54, 1.807) is 0 Å². The molecule has 10 heteroatoms. The fourth-order valence-electron chi connectivity index (χ4n) is 7.51. The van der Waals surface area contributed by atoms with E-state index in [-0.39, 0.29) is 17.4 Å². The number of aromatic nitrogens is 2. The van der Waals surface area contributed by atoms with Crippen LogP contribution in [0.5, 0.6) is 0 Å². The van der Waals surface area contributed by atoms with E-state index in [0.717, 1.165) is 69.8 Å². The number of carbonyl (C=O) groups is 2. The van der Waals surface area contributed by atoms with Crippen molar-refractivity contribution in [2.75, 3.05) is 60.9 Å². The Hall–Kier alpha value is -3.24. The van der Waals surface area contributed by atoms with Crippen LogP contribution in [0.15, 0.2) is 30.5 Å². The summed E-state index contributed by atoms with van der Waals surface area (Å²) >= 11 is 0. The van der Waals surface area contributed by atoms with E-state index >= 15 is 0 Å². The highest BCUT2D eigenvalue weighted by atomic mass is 16.2. The maximum atomic E-state index is 13.9. The molecule has 9 rings (SSSR count). The van der Waals surface area contributed by atoms with Crippen LogP contribution in [-0.2, 0) is 16.0 Å². The maximum absolute atomic E-state index is 13.9. The summed E-state index contributed by atoms with van der Waals surface area (Å²) in [5.74, 6) is 1.66. The topological polar surface area (TPSA) is 106 Å². The number of benzene rings is 1. The van der Waals surface area contributed by atoms with E-state index in [1.165, 1.54) is 5.69 Å². The van der Waals surface area contributed by atoms with Crippen molar-refractivity contribution in [2.45, 2.75) is 43.7 Å². The van der Waals surface area contributed by atoms with Gasteiger partial charge in [-0.2, -0.15) is 4.98 Å². The molecule has 1 spiro atoms. The van der Waals surface area contributed by atoms with Crippen molar-refractivity contribution in [1.29, 1.82) is 0 Å². The van der Waals surface area contributed by atoms with Gasteiger partial charge in [-0.25, -0.2) is 4.98 Å². The molecule has 0 unspecified atom stereocenters. The Morgan fingerprint density at radius 1 is 1.00 bits per heavy atom. The molecule has 38 heavy (non-hydrogen) atoms. The first-order chi connectivity index (χ1) is 18.5. The fourth-order valence-corrected chi connectivity index (χ4v) is 7.51. The van der Waals surface area contributed by atoms with Crippen LogP contribution in [0.1, 0.15) is 31.2 Å². The summed E-state index contributed by atoms with van der Waals surface area (Å²) in [7, 11) is 0. The molecule has 1 aromatic carbocycles. The first-order valence-corrected chi connectivity index (χ1v) is 14.1. The second kappa shape index (κ2) is 8.13. The highest BCUT2D eigenvalue weighted by Gasteiger charge is 2.67. The molecule has 198 valence electrons. The molecule has 4 aliphatic heterocycles. The molecular weight excluding hydrogens is 480 g/mol. The van der Waals surface area contributed by atoms with Gasteiger partial charge in [0.1, 0.15) is 11.2 Å². The van der Waals surface area contributed by atoms with Gasteiger partial charge in [0.2, 0.25) is 17.8 Å². The number of hydrogen-bond donors (Lipinski definition) is 3. The standard InChI is InChI=1S/C28H34N8O2/c37-24-28(5-6-30-24)14-19-15-31-26(33-23(19)36(25(28)38)27-11-18(12-27)13-27)32-20-1-3-21(4-2-20)35-16-22(17-35)34-9-7-29-8-10-34/h1-4,15,18,22,29H,5-14,16-17H2,(H,30,37)(H,31,32,33)/t18?,27?,28-/m1/s1. The van der Waals surface area contributed by atoms with Gasteiger partial charge < -0.3 is 20.9 Å². The molecule has 3 saturated heterocycles. The van der Waals surface area contributed by atoms with E-state index < -0.39 is 5.41 Å². The highest BCUT2D eigenvalue weighted by Crippen LogP contribution is 2.63. The molecule has 1 atom stereocenters. The third-order valence-electron chi connectivity index (χ3n) is 9.93. The van der Waals surface area contributed by atoms with Crippen molar-refractivity contribution >= 4 is 35.0 Å². The lowest BCUT2D eigenvalue weighted by atomic mass is 9.48. The van der Waals surface area contributed by atoms with Crippen LogP contribution in [0.2, 0.25) is 0 Å². The lowest BCUT2D eigenvalue weighted by Gasteiger charge is -2.67. The molecule has 2 aromatic rings. The van der Waals surface area contributed by atoms with E-state index in [4.69, 9.17) is 4.98 Å². The average Bonchev–Trinajstić information content (AvgIpc) is 3.21.